The first-order chi connectivity index (χ1) is 6.53. The van der Waals surface area contributed by atoms with E-state index in [2.05, 4.69) is 21.7 Å². The molecule has 5 nitrogen and oxygen atoms in total. The molecule has 1 heterocycles. The lowest BCUT2D eigenvalue weighted by Crippen LogP contribution is -2.51. The Hall–Kier alpha value is -0.170. The second-order valence-electron chi connectivity index (χ2n) is 3.70. The second-order valence-corrected chi connectivity index (χ2v) is 5.23. The number of piperidine rings is 1. The van der Waals surface area contributed by atoms with Crippen molar-refractivity contribution in [3.8, 4) is 0 Å². The van der Waals surface area contributed by atoms with Crippen molar-refractivity contribution in [2.75, 3.05) is 13.1 Å². The summed E-state index contributed by atoms with van der Waals surface area (Å²) in [6.07, 6.45) is 1.91. The van der Waals surface area contributed by atoms with Gasteiger partial charge in [-0.15, -0.1) is 0 Å². The van der Waals surface area contributed by atoms with Crippen molar-refractivity contribution >= 4 is 10.2 Å². The lowest BCUT2D eigenvalue weighted by Gasteiger charge is -2.27. The van der Waals surface area contributed by atoms with E-state index in [4.69, 9.17) is 0 Å². The average molecular weight is 221 g/mol. The zero-order chi connectivity index (χ0) is 10.6. The molecule has 1 aliphatic heterocycles. The van der Waals surface area contributed by atoms with E-state index in [1.54, 1.807) is 6.92 Å². The SMILES string of the molecule is CCNS(=O)(=O)NC1CCC(C)NC1. The summed E-state index contributed by atoms with van der Waals surface area (Å²) in [5.41, 5.74) is 0. The predicted octanol–water partition coefficient (Wildman–Crippen LogP) is -0.429. The summed E-state index contributed by atoms with van der Waals surface area (Å²) < 4.78 is 27.7. The Morgan fingerprint density at radius 3 is 2.64 bits per heavy atom. The van der Waals surface area contributed by atoms with Gasteiger partial charge >= 0.3 is 0 Å². The fourth-order valence-electron chi connectivity index (χ4n) is 1.55. The van der Waals surface area contributed by atoms with Crippen LogP contribution in [-0.2, 0) is 10.2 Å². The van der Waals surface area contributed by atoms with Crippen molar-refractivity contribution in [1.82, 2.24) is 14.8 Å². The highest BCUT2D eigenvalue weighted by Crippen LogP contribution is 2.07. The van der Waals surface area contributed by atoms with Crippen LogP contribution in [0.5, 0.6) is 0 Å². The van der Waals surface area contributed by atoms with E-state index >= 15 is 0 Å². The molecule has 0 aromatic carbocycles. The molecule has 0 saturated carbocycles. The maximum Gasteiger partial charge on any atom is 0.277 e. The second kappa shape index (κ2) is 5.06. The minimum absolute atomic E-state index is 0.0234. The minimum atomic E-state index is -3.29. The molecule has 0 aromatic rings. The van der Waals surface area contributed by atoms with Gasteiger partial charge in [0.1, 0.15) is 0 Å². The fraction of sp³-hybridized carbons (Fsp3) is 1.00. The smallest absolute Gasteiger partial charge is 0.277 e. The molecule has 1 fully saturated rings. The van der Waals surface area contributed by atoms with Crippen LogP contribution < -0.4 is 14.8 Å². The number of hydrogen-bond donors (Lipinski definition) is 3. The van der Waals surface area contributed by atoms with Crippen LogP contribution in [0.15, 0.2) is 0 Å². The Bertz CT molecular complexity index is 258. The van der Waals surface area contributed by atoms with Crippen LogP contribution in [0.3, 0.4) is 0 Å². The first kappa shape index (κ1) is 11.9. The first-order valence-electron chi connectivity index (χ1n) is 5.04. The maximum absolute atomic E-state index is 11.3. The van der Waals surface area contributed by atoms with Crippen LogP contribution in [0.4, 0.5) is 0 Å². The van der Waals surface area contributed by atoms with E-state index in [-0.39, 0.29) is 6.04 Å². The van der Waals surface area contributed by atoms with Crippen molar-refractivity contribution < 1.29 is 8.42 Å². The maximum atomic E-state index is 11.3. The monoisotopic (exact) mass is 221 g/mol. The van der Waals surface area contributed by atoms with Crippen LogP contribution in [0, 0.1) is 0 Å². The van der Waals surface area contributed by atoms with Crippen LogP contribution in [-0.4, -0.2) is 33.6 Å². The lowest BCUT2D eigenvalue weighted by molar-refractivity contribution is 0.365. The van der Waals surface area contributed by atoms with Crippen LogP contribution in [0.25, 0.3) is 0 Å². The minimum Gasteiger partial charge on any atom is -0.313 e. The van der Waals surface area contributed by atoms with Crippen LogP contribution in [0.1, 0.15) is 26.7 Å². The first-order valence-corrected chi connectivity index (χ1v) is 6.52. The van der Waals surface area contributed by atoms with E-state index in [1.807, 2.05) is 0 Å². The average Bonchev–Trinajstić information content (AvgIpc) is 2.08. The molecule has 0 bridgehead atoms. The molecule has 3 N–H and O–H groups in total. The molecule has 0 amide bonds. The molecular formula is C8H19N3O2S. The van der Waals surface area contributed by atoms with Gasteiger partial charge in [-0.1, -0.05) is 6.92 Å². The van der Waals surface area contributed by atoms with Gasteiger partial charge in [-0.05, 0) is 19.8 Å². The quantitative estimate of drug-likeness (QED) is 0.603. The highest BCUT2D eigenvalue weighted by molar-refractivity contribution is 7.87. The highest BCUT2D eigenvalue weighted by Gasteiger charge is 2.21. The number of rotatable bonds is 4. The molecule has 1 saturated heterocycles. The molecular weight excluding hydrogens is 202 g/mol. The van der Waals surface area contributed by atoms with Gasteiger partial charge in [0.25, 0.3) is 10.2 Å². The van der Waals surface area contributed by atoms with Gasteiger partial charge in [0.05, 0.1) is 0 Å². The molecule has 84 valence electrons. The van der Waals surface area contributed by atoms with Crippen molar-refractivity contribution in [2.24, 2.45) is 0 Å². The van der Waals surface area contributed by atoms with E-state index in [0.717, 1.165) is 12.8 Å². The Morgan fingerprint density at radius 2 is 2.14 bits per heavy atom. The normalized spacial score (nSPS) is 29.0. The Labute approximate surface area is 85.8 Å². The zero-order valence-corrected chi connectivity index (χ0v) is 9.52. The molecule has 2 atom stereocenters. The highest BCUT2D eigenvalue weighted by atomic mass is 32.2. The summed E-state index contributed by atoms with van der Waals surface area (Å²) in [6, 6.07) is 0.519. The van der Waals surface area contributed by atoms with Gasteiger partial charge in [0, 0.05) is 25.2 Å². The Kier molecular flexibility index (Phi) is 4.31. The summed E-state index contributed by atoms with van der Waals surface area (Å²) in [6.45, 7) is 5.01. The van der Waals surface area contributed by atoms with Gasteiger partial charge in [0.2, 0.25) is 0 Å². The van der Waals surface area contributed by atoms with E-state index in [1.165, 1.54) is 0 Å². The molecule has 2 unspecified atom stereocenters. The number of nitrogens with one attached hydrogen (secondary N) is 3. The van der Waals surface area contributed by atoms with E-state index in [9.17, 15) is 8.42 Å². The molecule has 1 rings (SSSR count). The molecule has 0 aromatic heterocycles. The Balaban J connectivity index is 2.37. The van der Waals surface area contributed by atoms with Crippen molar-refractivity contribution in [2.45, 2.75) is 38.8 Å². The van der Waals surface area contributed by atoms with Crippen molar-refractivity contribution in [3.05, 3.63) is 0 Å². The van der Waals surface area contributed by atoms with Crippen LogP contribution >= 0.6 is 0 Å². The predicted molar refractivity (Wildman–Crippen MR) is 56.2 cm³/mol. The molecule has 0 aliphatic carbocycles. The summed E-state index contributed by atoms with van der Waals surface area (Å²) in [7, 11) is -3.29. The van der Waals surface area contributed by atoms with Crippen LogP contribution in [0.2, 0.25) is 0 Å². The third-order valence-corrected chi connectivity index (χ3v) is 3.63. The third-order valence-electron chi connectivity index (χ3n) is 2.32. The van der Waals surface area contributed by atoms with E-state index < -0.39 is 10.2 Å². The van der Waals surface area contributed by atoms with Gasteiger partial charge in [-0.2, -0.15) is 13.1 Å². The molecule has 0 spiro atoms. The number of hydrogen-bond acceptors (Lipinski definition) is 3. The topological polar surface area (TPSA) is 70.2 Å². The van der Waals surface area contributed by atoms with E-state index in [0.29, 0.717) is 19.1 Å². The van der Waals surface area contributed by atoms with Gasteiger partial charge in [-0.25, -0.2) is 4.72 Å². The van der Waals surface area contributed by atoms with Gasteiger partial charge < -0.3 is 5.32 Å². The van der Waals surface area contributed by atoms with Crippen molar-refractivity contribution in [1.29, 1.82) is 0 Å². The molecule has 14 heavy (non-hydrogen) atoms. The van der Waals surface area contributed by atoms with Gasteiger partial charge in [-0.3, -0.25) is 0 Å². The zero-order valence-electron chi connectivity index (χ0n) is 8.71. The largest absolute Gasteiger partial charge is 0.313 e. The molecule has 6 heteroatoms. The van der Waals surface area contributed by atoms with Crippen molar-refractivity contribution in [3.63, 3.8) is 0 Å². The summed E-state index contributed by atoms with van der Waals surface area (Å²) in [5.74, 6) is 0. The standard InChI is InChI=1S/C8H19N3O2S/c1-3-10-14(12,13)11-8-5-4-7(2)9-6-8/h7-11H,3-6H2,1-2H3. The lowest BCUT2D eigenvalue weighted by atomic mass is 10.0. The fourth-order valence-corrected chi connectivity index (χ4v) is 2.65. The Morgan fingerprint density at radius 1 is 1.43 bits per heavy atom. The molecule has 1 aliphatic rings. The summed E-state index contributed by atoms with van der Waals surface area (Å²) in [5, 5.41) is 3.24. The summed E-state index contributed by atoms with van der Waals surface area (Å²) >= 11 is 0. The summed E-state index contributed by atoms with van der Waals surface area (Å²) in [4.78, 5) is 0. The van der Waals surface area contributed by atoms with Gasteiger partial charge in [0.15, 0.2) is 0 Å². The third kappa shape index (κ3) is 3.91. The molecule has 0 radical (unpaired) electrons.